The topological polar surface area (TPSA) is 24.9 Å². The molecular weight excluding hydrogens is 156 g/mol. The number of rotatable bonds is 1. The van der Waals surface area contributed by atoms with Gasteiger partial charge in [0.25, 0.3) is 0 Å². The summed E-state index contributed by atoms with van der Waals surface area (Å²) in [5, 5.41) is 3.47. The van der Waals surface area contributed by atoms with E-state index >= 15 is 0 Å². The third kappa shape index (κ3) is 0.726. The summed E-state index contributed by atoms with van der Waals surface area (Å²) in [5.41, 5.74) is 0.673. The monoisotopic (exact) mass is 166 g/mol. The van der Waals surface area contributed by atoms with Crippen LogP contribution in [-0.2, 0) is 0 Å². The SMILES string of the molecule is c1cc(C2NCC23CC3)sn1. The summed E-state index contributed by atoms with van der Waals surface area (Å²) in [5.74, 6) is 0. The zero-order valence-corrected chi connectivity index (χ0v) is 7.03. The van der Waals surface area contributed by atoms with E-state index in [1.54, 1.807) is 11.5 Å². The quantitative estimate of drug-likeness (QED) is 0.685. The Morgan fingerprint density at radius 3 is 3.00 bits per heavy atom. The normalized spacial score (nSPS) is 31.8. The number of hydrogen-bond donors (Lipinski definition) is 1. The lowest BCUT2D eigenvalue weighted by Gasteiger charge is -2.37. The first kappa shape index (κ1) is 6.14. The summed E-state index contributed by atoms with van der Waals surface area (Å²) in [6.45, 7) is 1.23. The zero-order valence-electron chi connectivity index (χ0n) is 6.21. The Kier molecular flexibility index (Phi) is 1.03. The zero-order chi connectivity index (χ0) is 7.31. The van der Waals surface area contributed by atoms with Gasteiger partial charge in [-0.25, -0.2) is 4.37 Å². The van der Waals surface area contributed by atoms with E-state index in [-0.39, 0.29) is 0 Å². The fourth-order valence-corrected chi connectivity index (χ4v) is 2.70. The lowest BCUT2D eigenvalue weighted by atomic mass is 9.87. The summed E-state index contributed by atoms with van der Waals surface area (Å²) < 4.78 is 4.12. The largest absolute Gasteiger partial charge is 0.308 e. The van der Waals surface area contributed by atoms with Gasteiger partial charge in [0.15, 0.2) is 0 Å². The van der Waals surface area contributed by atoms with E-state index in [1.165, 1.54) is 24.3 Å². The Balaban J connectivity index is 1.90. The first-order chi connectivity index (χ1) is 5.41. The van der Waals surface area contributed by atoms with Crippen LogP contribution in [0.25, 0.3) is 0 Å². The van der Waals surface area contributed by atoms with Gasteiger partial charge in [0.2, 0.25) is 0 Å². The van der Waals surface area contributed by atoms with Crippen molar-refractivity contribution in [2.45, 2.75) is 18.9 Å². The lowest BCUT2D eigenvalue weighted by Crippen LogP contribution is -2.47. The van der Waals surface area contributed by atoms with Crippen molar-refractivity contribution in [2.24, 2.45) is 5.41 Å². The molecule has 0 radical (unpaired) electrons. The Morgan fingerprint density at radius 2 is 2.55 bits per heavy atom. The molecule has 0 amide bonds. The van der Waals surface area contributed by atoms with Gasteiger partial charge < -0.3 is 5.32 Å². The maximum Gasteiger partial charge on any atom is 0.0500 e. The van der Waals surface area contributed by atoms with Crippen LogP contribution in [0.15, 0.2) is 12.3 Å². The van der Waals surface area contributed by atoms with E-state index in [4.69, 9.17) is 0 Å². The molecule has 1 aromatic heterocycles. The second kappa shape index (κ2) is 1.84. The molecular formula is C8H10N2S. The van der Waals surface area contributed by atoms with Crippen LogP contribution < -0.4 is 5.32 Å². The second-order valence-electron chi connectivity index (χ2n) is 3.59. The number of hydrogen-bond acceptors (Lipinski definition) is 3. The minimum atomic E-state index is 0.648. The summed E-state index contributed by atoms with van der Waals surface area (Å²) in [7, 11) is 0. The van der Waals surface area contributed by atoms with Crippen LogP contribution in [0.5, 0.6) is 0 Å². The fourth-order valence-electron chi connectivity index (χ4n) is 1.90. The summed E-state index contributed by atoms with van der Waals surface area (Å²) >= 11 is 1.64. The van der Waals surface area contributed by atoms with Gasteiger partial charge in [-0.05, 0) is 30.4 Å². The van der Waals surface area contributed by atoms with Crippen LogP contribution >= 0.6 is 11.5 Å². The lowest BCUT2D eigenvalue weighted by molar-refractivity contribution is 0.213. The number of nitrogens with zero attached hydrogens (tertiary/aromatic N) is 1. The molecule has 0 bridgehead atoms. The van der Waals surface area contributed by atoms with Crippen LogP contribution in [0.2, 0.25) is 0 Å². The maximum absolute atomic E-state index is 4.12. The Labute approximate surface area is 69.8 Å². The van der Waals surface area contributed by atoms with Crippen molar-refractivity contribution in [1.29, 1.82) is 0 Å². The van der Waals surface area contributed by atoms with Crippen molar-refractivity contribution in [1.82, 2.24) is 9.69 Å². The van der Waals surface area contributed by atoms with E-state index in [2.05, 4.69) is 15.8 Å². The summed E-state index contributed by atoms with van der Waals surface area (Å²) in [6.07, 6.45) is 4.74. The first-order valence-corrected chi connectivity index (χ1v) is 4.82. The van der Waals surface area contributed by atoms with Crippen molar-refractivity contribution in [3.8, 4) is 0 Å². The van der Waals surface area contributed by atoms with Crippen LogP contribution in [-0.4, -0.2) is 10.9 Å². The number of aromatic nitrogens is 1. The van der Waals surface area contributed by atoms with Crippen molar-refractivity contribution in [3.05, 3.63) is 17.1 Å². The minimum Gasteiger partial charge on any atom is -0.308 e. The molecule has 2 nitrogen and oxygen atoms in total. The molecule has 2 fully saturated rings. The average Bonchev–Trinajstić information content (AvgIpc) is 2.67. The van der Waals surface area contributed by atoms with Crippen LogP contribution in [0.1, 0.15) is 23.8 Å². The van der Waals surface area contributed by atoms with E-state index in [9.17, 15) is 0 Å². The molecule has 1 spiro atoms. The first-order valence-electron chi connectivity index (χ1n) is 4.05. The highest BCUT2D eigenvalue weighted by Crippen LogP contribution is 2.60. The fraction of sp³-hybridized carbons (Fsp3) is 0.625. The number of nitrogens with one attached hydrogen (secondary N) is 1. The third-order valence-corrected chi connectivity index (χ3v) is 3.71. The molecule has 1 aliphatic heterocycles. The standard InChI is InChI=1S/C8H10N2S/c1-4-10-11-6(1)7-8(2-3-8)5-9-7/h1,4,7,9H,2-3,5H2. The molecule has 1 unspecified atom stereocenters. The smallest absolute Gasteiger partial charge is 0.0500 e. The van der Waals surface area contributed by atoms with Gasteiger partial charge in [0, 0.05) is 29.1 Å². The molecule has 3 heteroatoms. The highest BCUT2D eigenvalue weighted by Gasteiger charge is 2.56. The molecule has 1 aromatic rings. The van der Waals surface area contributed by atoms with Gasteiger partial charge in [-0.1, -0.05) is 0 Å². The van der Waals surface area contributed by atoms with Crippen LogP contribution in [0.4, 0.5) is 0 Å². The molecule has 2 aliphatic rings. The van der Waals surface area contributed by atoms with E-state index in [1.807, 2.05) is 6.20 Å². The predicted molar refractivity (Wildman–Crippen MR) is 44.5 cm³/mol. The molecule has 1 atom stereocenters. The van der Waals surface area contributed by atoms with Gasteiger partial charge in [-0.3, -0.25) is 0 Å². The van der Waals surface area contributed by atoms with Crippen molar-refractivity contribution >= 4 is 11.5 Å². The van der Waals surface area contributed by atoms with E-state index in [0.717, 1.165) is 0 Å². The van der Waals surface area contributed by atoms with Gasteiger partial charge in [-0.15, -0.1) is 0 Å². The second-order valence-corrected chi connectivity index (χ2v) is 4.46. The van der Waals surface area contributed by atoms with Crippen LogP contribution in [0.3, 0.4) is 0 Å². The molecule has 58 valence electrons. The van der Waals surface area contributed by atoms with Crippen molar-refractivity contribution < 1.29 is 0 Å². The average molecular weight is 166 g/mol. The van der Waals surface area contributed by atoms with E-state index in [0.29, 0.717) is 11.5 Å². The molecule has 0 aromatic carbocycles. The van der Waals surface area contributed by atoms with Gasteiger partial charge >= 0.3 is 0 Å². The maximum atomic E-state index is 4.12. The Hall–Kier alpha value is -0.410. The highest BCUT2D eigenvalue weighted by molar-refractivity contribution is 7.05. The molecule has 1 aliphatic carbocycles. The van der Waals surface area contributed by atoms with Crippen LogP contribution in [0, 0.1) is 5.41 Å². The molecule has 11 heavy (non-hydrogen) atoms. The Bertz CT molecular complexity index is 264. The Morgan fingerprint density at radius 1 is 1.64 bits per heavy atom. The highest BCUT2D eigenvalue weighted by atomic mass is 32.1. The summed E-state index contributed by atoms with van der Waals surface area (Å²) in [6, 6.07) is 2.79. The van der Waals surface area contributed by atoms with Gasteiger partial charge in [0.1, 0.15) is 0 Å². The van der Waals surface area contributed by atoms with Gasteiger partial charge in [-0.2, -0.15) is 0 Å². The van der Waals surface area contributed by atoms with E-state index < -0.39 is 0 Å². The molecule has 3 rings (SSSR count). The molecule has 1 N–H and O–H groups in total. The van der Waals surface area contributed by atoms with Crippen molar-refractivity contribution in [2.75, 3.05) is 6.54 Å². The predicted octanol–water partition coefficient (Wildman–Crippen LogP) is 1.57. The van der Waals surface area contributed by atoms with Crippen molar-refractivity contribution in [3.63, 3.8) is 0 Å². The molecule has 1 saturated heterocycles. The third-order valence-electron chi connectivity index (χ3n) is 2.91. The molecule has 1 saturated carbocycles. The molecule has 2 heterocycles. The summed E-state index contributed by atoms with van der Waals surface area (Å²) in [4.78, 5) is 1.42. The minimum absolute atomic E-state index is 0.648. The van der Waals surface area contributed by atoms with Gasteiger partial charge in [0.05, 0.1) is 0 Å².